The van der Waals surface area contributed by atoms with E-state index in [4.69, 9.17) is 9.47 Å². The average molecular weight is 279 g/mol. The zero-order chi connectivity index (χ0) is 14.7. The fraction of sp³-hybridized carbons (Fsp3) is 0.429. The van der Waals surface area contributed by atoms with Gasteiger partial charge in [-0.2, -0.15) is 0 Å². The molecule has 108 valence electrons. The molecule has 6 nitrogen and oxygen atoms in total. The maximum atomic E-state index is 12.4. The third kappa shape index (κ3) is 2.54. The highest BCUT2D eigenvalue weighted by Crippen LogP contribution is 2.28. The second kappa shape index (κ2) is 5.81. The van der Waals surface area contributed by atoms with E-state index in [1.165, 1.54) is 31.3 Å². The number of nitrogens with zero attached hydrogens (tertiary/aromatic N) is 1. The summed E-state index contributed by atoms with van der Waals surface area (Å²) in [5, 5.41) is 9.72. The van der Waals surface area contributed by atoms with Gasteiger partial charge in [-0.05, 0) is 31.0 Å². The van der Waals surface area contributed by atoms with Crippen LogP contribution in [0.3, 0.4) is 0 Å². The monoisotopic (exact) mass is 279 g/mol. The summed E-state index contributed by atoms with van der Waals surface area (Å²) in [7, 11) is 2.74. The summed E-state index contributed by atoms with van der Waals surface area (Å²) >= 11 is 0. The largest absolute Gasteiger partial charge is 0.504 e. The van der Waals surface area contributed by atoms with Crippen LogP contribution in [0.2, 0.25) is 0 Å². The van der Waals surface area contributed by atoms with E-state index in [-0.39, 0.29) is 11.7 Å². The van der Waals surface area contributed by atoms with Gasteiger partial charge in [-0.15, -0.1) is 0 Å². The van der Waals surface area contributed by atoms with Crippen molar-refractivity contribution in [2.24, 2.45) is 0 Å². The van der Waals surface area contributed by atoms with Crippen molar-refractivity contribution in [2.45, 2.75) is 18.9 Å². The summed E-state index contributed by atoms with van der Waals surface area (Å²) in [5.41, 5.74) is 0.319. The van der Waals surface area contributed by atoms with Crippen molar-refractivity contribution < 1.29 is 24.2 Å². The first kappa shape index (κ1) is 14.2. The number of methoxy groups -OCH3 is 2. The maximum Gasteiger partial charge on any atom is 0.328 e. The van der Waals surface area contributed by atoms with Gasteiger partial charge >= 0.3 is 5.97 Å². The van der Waals surface area contributed by atoms with E-state index in [0.29, 0.717) is 24.3 Å². The van der Waals surface area contributed by atoms with E-state index in [1.807, 2.05) is 0 Å². The third-order valence-corrected chi connectivity index (χ3v) is 3.41. The number of hydrogen-bond acceptors (Lipinski definition) is 5. The molecule has 1 fully saturated rings. The maximum absolute atomic E-state index is 12.4. The number of amides is 1. The minimum atomic E-state index is -0.545. The molecular weight excluding hydrogens is 262 g/mol. The molecule has 2 rings (SSSR count). The number of carbonyl (C=O) groups is 2. The summed E-state index contributed by atoms with van der Waals surface area (Å²) in [6, 6.07) is 3.88. The molecule has 1 unspecified atom stereocenters. The number of phenols is 1. The topological polar surface area (TPSA) is 76.1 Å². The number of ether oxygens (including phenoxy) is 2. The number of carbonyl (C=O) groups excluding carboxylic acids is 2. The summed E-state index contributed by atoms with van der Waals surface area (Å²) < 4.78 is 9.64. The molecule has 0 bridgehead atoms. The molecule has 1 amide bonds. The lowest BCUT2D eigenvalue weighted by Crippen LogP contribution is -2.41. The third-order valence-electron chi connectivity index (χ3n) is 3.41. The zero-order valence-electron chi connectivity index (χ0n) is 11.5. The highest BCUT2D eigenvalue weighted by molar-refractivity contribution is 5.97. The van der Waals surface area contributed by atoms with E-state index < -0.39 is 12.0 Å². The number of rotatable bonds is 3. The molecule has 20 heavy (non-hydrogen) atoms. The molecule has 0 saturated carbocycles. The Morgan fingerprint density at radius 3 is 2.70 bits per heavy atom. The van der Waals surface area contributed by atoms with Gasteiger partial charge in [0.25, 0.3) is 5.91 Å². The van der Waals surface area contributed by atoms with Gasteiger partial charge in [0.15, 0.2) is 11.5 Å². The zero-order valence-corrected chi connectivity index (χ0v) is 11.5. The summed E-state index contributed by atoms with van der Waals surface area (Å²) in [6.07, 6.45) is 1.36. The van der Waals surface area contributed by atoms with E-state index in [2.05, 4.69) is 0 Å². The fourth-order valence-electron chi connectivity index (χ4n) is 2.38. The van der Waals surface area contributed by atoms with Crippen LogP contribution in [0.15, 0.2) is 18.2 Å². The van der Waals surface area contributed by atoms with Gasteiger partial charge < -0.3 is 19.5 Å². The number of aromatic hydroxyl groups is 1. The van der Waals surface area contributed by atoms with Gasteiger partial charge in [-0.25, -0.2) is 4.79 Å². The molecule has 0 aromatic heterocycles. The molecular formula is C14H17NO5. The molecule has 1 aliphatic rings. The van der Waals surface area contributed by atoms with Crippen LogP contribution in [0.5, 0.6) is 11.5 Å². The Morgan fingerprint density at radius 1 is 1.35 bits per heavy atom. The molecule has 1 aromatic rings. The number of phenolic OH excluding ortho intramolecular Hbond substituents is 1. The summed E-state index contributed by atoms with van der Waals surface area (Å²) in [4.78, 5) is 25.5. The second-order valence-electron chi connectivity index (χ2n) is 4.57. The Kier molecular flexibility index (Phi) is 4.12. The average Bonchev–Trinajstić information content (AvgIpc) is 2.94. The fourth-order valence-corrected chi connectivity index (χ4v) is 2.38. The van der Waals surface area contributed by atoms with E-state index in [9.17, 15) is 14.7 Å². The minimum Gasteiger partial charge on any atom is -0.504 e. The van der Waals surface area contributed by atoms with Crippen LogP contribution >= 0.6 is 0 Å². The van der Waals surface area contributed by atoms with Crippen LogP contribution in [-0.4, -0.2) is 48.7 Å². The molecule has 1 aromatic carbocycles. The van der Waals surface area contributed by atoms with Crippen molar-refractivity contribution in [3.05, 3.63) is 23.8 Å². The first-order chi connectivity index (χ1) is 9.58. The van der Waals surface area contributed by atoms with E-state index >= 15 is 0 Å². The molecule has 1 atom stereocenters. The molecule has 0 aliphatic carbocycles. The first-order valence-electron chi connectivity index (χ1n) is 6.34. The Bertz CT molecular complexity index is 528. The van der Waals surface area contributed by atoms with Crippen molar-refractivity contribution >= 4 is 11.9 Å². The number of hydrogen-bond donors (Lipinski definition) is 1. The minimum absolute atomic E-state index is 0.104. The van der Waals surface area contributed by atoms with Gasteiger partial charge in [-0.3, -0.25) is 4.79 Å². The second-order valence-corrected chi connectivity index (χ2v) is 4.57. The van der Waals surface area contributed by atoms with E-state index in [1.54, 1.807) is 6.07 Å². The number of esters is 1. The van der Waals surface area contributed by atoms with Gasteiger partial charge in [0, 0.05) is 12.1 Å². The van der Waals surface area contributed by atoms with Crippen LogP contribution in [0.25, 0.3) is 0 Å². The van der Waals surface area contributed by atoms with Crippen LogP contribution in [-0.2, 0) is 9.53 Å². The van der Waals surface area contributed by atoms with Crippen molar-refractivity contribution in [1.82, 2.24) is 4.90 Å². The van der Waals surface area contributed by atoms with Gasteiger partial charge in [-0.1, -0.05) is 0 Å². The quantitative estimate of drug-likeness (QED) is 0.841. The van der Waals surface area contributed by atoms with Crippen LogP contribution < -0.4 is 4.74 Å². The first-order valence-corrected chi connectivity index (χ1v) is 6.34. The van der Waals surface area contributed by atoms with Crippen LogP contribution in [0.4, 0.5) is 0 Å². The molecule has 0 spiro atoms. The Hall–Kier alpha value is -2.24. The van der Waals surface area contributed by atoms with E-state index in [0.717, 1.165) is 6.42 Å². The smallest absolute Gasteiger partial charge is 0.328 e. The van der Waals surface area contributed by atoms with Gasteiger partial charge in [0.1, 0.15) is 6.04 Å². The van der Waals surface area contributed by atoms with Crippen molar-refractivity contribution in [2.75, 3.05) is 20.8 Å². The molecule has 1 N–H and O–H groups in total. The standard InChI is InChI=1S/C14H17NO5/c1-19-12-6-5-9(8-11(12)16)13(17)15-7-3-4-10(15)14(18)20-2/h5-6,8,10,16H,3-4,7H2,1-2H3. The lowest BCUT2D eigenvalue weighted by molar-refractivity contribution is -0.145. The molecule has 0 radical (unpaired) electrons. The predicted molar refractivity (Wildman–Crippen MR) is 70.7 cm³/mol. The van der Waals surface area contributed by atoms with Crippen molar-refractivity contribution in [3.8, 4) is 11.5 Å². The molecule has 1 heterocycles. The predicted octanol–water partition coefficient (Wildman–Crippen LogP) is 1.18. The van der Waals surface area contributed by atoms with Gasteiger partial charge in [0.05, 0.1) is 14.2 Å². The number of benzene rings is 1. The Balaban J connectivity index is 2.22. The lowest BCUT2D eigenvalue weighted by atomic mass is 10.1. The van der Waals surface area contributed by atoms with Crippen LogP contribution in [0.1, 0.15) is 23.2 Å². The van der Waals surface area contributed by atoms with Gasteiger partial charge in [0.2, 0.25) is 0 Å². The highest BCUT2D eigenvalue weighted by Gasteiger charge is 2.35. The van der Waals surface area contributed by atoms with Crippen LogP contribution in [0, 0.1) is 0 Å². The number of likely N-dealkylation sites (tertiary alicyclic amines) is 1. The normalized spacial score (nSPS) is 17.9. The highest BCUT2D eigenvalue weighted by atomic mass is 16.5. The summed E-state index contributed by atoms with van der Waals surface area (Å²) in [6.45, 7) is 0.505. The SMILES string of the molecule is COC(=O)C1CCCN1C(=O)c1ccc(OC)c(O)c1. The lowest BCUT2D eigenvalue weighted by Gasteiger charge is -2.22. The summed E-state index contributed by atoms with van der Waals surface area (Å²) in [5.74, 6) is -0.510. The Labute approximate surface area is 116 Å². The molecule has 6 heteroatoms. The Morgan fingerprint density at radius 2 is 2.10 bits per heavy atom. The molecule has 1 saturated heterocycles. The van der Waals surface area contributed by atoms with Crippen molar-refractivity contribution in [3.63, 3.8) is 0 Å². The molecule has 1 aliphatic heterocycles. The van der Waals surface area contributed by atoms with Crippen molar-refractivity contribution in [1.29, 1.82) is 0 Å².